The number of aromatic nitrogens is 2. The Labute approximate surface area is 78.9 Å². The number of aromatic amines is 1. The summed E-state index contributed by atoms with van der Waals surface area (Å²) in [4.78, 5) is 0. The van der Waals surface area contributed by atoms with E-state index in [1.165, 1.54) is 13.8 Å². The molecule has 0 aliphatic rings. The van der Waals surface area contributed by atoms with Crippen molar-refractivity contribution in [1.82, 2.24) is 10.2 Å². The van der Waals surface area contributed by atoms with Gasteiger partial charge in [0, 0.05) is 12.0 Å². The Morgan fingerprint density at radius 3 is 2.43 bits per heavy atom. The van der Waals surface area contributed by atoms with Gasteiger partial charge in [0.25, 0.3) is 0 Å². The maximum atomic E-state index is 12.3. The summed E-state index contributed by atoms with van der Waals surface area (Å²) in [6, 6.07) is 0. The lowest BCUT2D eigenvalue weighted by molar-refractivity contribution is -0.142. The lowest BCUT2D eigenvalue weighted by atomic mass is 9.99. The molecule has 0 bridgehead atoms. The standard InChI is InChI=1S/C8H11F3N2O/c1-7(2,14)3-5-4-12-13-6(5)8(9,10)11/h4,14H,3H2,1-2H3,(H,12,13). The Bertz CT molecular complexity index is 311. The summed E-state index contributed by atoms with van der Waals surface area (Å²) in [6.45, 7) is 2.89. The molecule has 0 radical (unpaired) electrons. The van der Waals surface area contributed by atoms with Gasteiger partial charge in [-0.3, -0.25) is 5.10 Å². The van der Waals surface area contributed by atoms with Crippen molar-refractivity contribution in [2.24, 2.45) is 0 Å². The molecule has 2 N–H and O–H groups in total. The van der Waals surface area contributed by atoms with Gasteiger partial charge in [0.2, 0.25) is 0 Å². The Morgan fingerprint density at radius 2 is 2.00 bits per heavy atom. The maximum absolute atomic E-state index is 12.3. The van der Waals surface area contributed by atoms with Crippen molar-refractivity contribution >= 4 is 0 Å². The van der Waals surface area contributed by atoms with Crippen LogP contribution in [0.2, 0.25) is 0 Å². The topological polar surface area (TPSA) is 48.9 Å². The van der Waals surface area contributed by atoms with Gasteiger partial charge in [-0.15, -0.1) is 0 Å². The van der Waals surface area contributed by atoms with Gasteiger partial charge < -0.3 is 5.11 Å². The second-order valence-corrected chi connectivity index (χ2v) is 3.76. The number of aliphatic hydroxyl groups is 1. The number of alkyl halides is 3. The van der Waals surface area contributed by atoms with Crippen LogP contribution in [0.1, 0.15) is 25.1 Å². The van der Waals surface area contributed by atoms with Crippen molar-refractivity contribution in [2.75, 3.05) is 0 Å². The van der Waals surface area contributed by atoms with Crippen LogP contribution in [-0.4, -0.2) is 20.9 Å². The third-order valence-electron chi connectivity index (χ3n) is 1.62. The van der Waals surface area contributed by atoms with Crippen LogP contribution in [0.15, 0.2) is 6.20 Å². The number of nitrogens with zero attached hydrogens (tertiary/aromatic N) is 1. The summed E-state index contributed by atoms with van der Waals surface area (Å²) in [7, 11) is 0. The number of hydrogen-bond donors (Lipinski definition) is 2. The molecule has 0 fully saturated rings. The molecule has 0 amide bonds. The molecule has 0 atom stereocenters. The number of nitrogens with one attached hydrogen (secondary N) is 1. The highest BCUT2D eigenvalue weighted by atomic mass is 19.4. The van der Waals surface area contributed by atoms with Crippen LogP contribution in [0.3, 0.4) is 0 Å². The van der Waals surface area contributed by atoms with E-state index in [-0.39, 0.29) is 12.0 Å². The zero-order valence-electron chi connectivity index (χ0n) is 7.81. The van der Waals surface area contributed by atoms with E-state index in [9.17, 15) is 18.3 Å². The molecule has 6 heteroatoms. The molecule has 80 valence electrons. The minimum Gasteiger partial charge on any atom is -0.390 e. The monoisotopic (exact) mass is 208 g/mol. The SMILES string of the molecule is CC(C)(O)Cc1cn[nH]c1C(F)(F)F. The fourth-order valence-corrected chi connectivity index (χ4v) is 1.16. The third kappa shape index (κ3) is 2.73. The van der Waals surface area contributed by atoms with E-state index in [0.717, 1.165) is 6.20 Å². The number of halogens is 3. The second-order valence-electron chi connectivity index (χ2n) is 3.76. The van der Waals surface area contributed by atoms with Crippen LogP contribution >= 0.6 is 0 Å². The summed E-state index contributed by atoms with van der Waals surface area (Å²) < 4.78 is 36.9. The molecule has 1 heterocycles. The van der Waals surface area contributed by atoms with Crippen molar-refractivity contribution in [2.45, 2.75) is 32.0 Å². The molecule has 0 saturated heterocycles. The summed E-state index contributed by atoms with van der Waals surface area (Å²) >= 11 is 0. The highest BCUT2D eigenvalue weighted by molar-refractivity contribution is 5.20. The fourth-order valence-electron chi connectivity index (χ4n) is 1.16. The van der Waals surface area contributed by atoms with E-state index in [1.807, 2.05) is 5.10 Å². The van der Waals surface area contributed by atoms with E-state index in [0.29, 0.717) is 0 Å². The molecule has 14 heavy (non-hydrogen) atoms. The van der Waals surface area contributed by atoms with Crippen molar-refractivity contribution < 1.29 is 18.3 Å². The number of hydrogen-bond acceptors (Lipinski definition) is 2. The van der Waals surface area contributed by atoms with Crippen LogP contribution in [0.5, 0.6) is 0 Å². The fraction of sp³-hybridized carbons (Fsp3) is 0.625. The third-order valence-corrected chi connectivity index (χ3v) is 1.62. The van der Waals surface area contributed by atoms with E-state index in [4.69, 9.17) is 0 Å². The zero-order valence-corrected chi connectivity index (χ0v) is 7.81. The first kappa shape index (κ1) is 11.0. The normalized spacial score (nSPS) is 13.3. The van der Waals surface area contributed by atoms with Crippen molar-refractivity contribution in [1.29, 1.82) is 0 Å². The predicted octanol–water partition coefficient (Wildman–Crippen LogP) is 1.74. The molecule has 1 aromatic rings. The maximum Gasteiger partial charge on any atom is 0.433 e. The molecule has 0 aromatic carbocycles. The van der Waals surface area contributed by atoms with Gasteiger partial charge in [0.1, 0.15) is 5.69 Å². The quantitative estimate of drug-likeness (QED) is 0.777. The number of H-pyrrole nitrogens is 1. The molecule has 0 unspecified atom stereocenters. The molecule has 0 saturated carbocycles. The van der Waals surface area contributed by atoms with E-state index in [1.54, 1.807) is 0 Å². The van der Waals surface area contributed by atoms with Gasteiger partial charge in [0.15, 0.2) is 0 Å². The summed E-state index contributed by atoms with van der Waals surface area (Å²) in [5, 5.41) is 14.6. The minimum atomic E-state index is -4.45. The number of rotatable bonds is 2. The zero-order chi connectivity index (χ0) is 11.0. The van der Waals surface area contributed by atoms with Gasteiger partial charge in [-0.25, -0.2) is 0 Å². The first-order chi connectivity index (χ1) is 6.20. The molecule has 0 spiro atoms. The van der Waals surface area contributed by atoms with Crippen molar-refractivity contribution in [3.8, 4) is 0 Å². The lowest BCUT2D eigenvalue weighted by Crippen LogP contribution is -2.23. The first-order valence-corrected chi connectivity index (χ1v) is 4.02. The molecule has 1 aromatic heterocycles. The van der Waals surface area contributed by atoms with Crippen LogP contribution in [0.4, 0.5) is 13.2 Å². The second kappa shape index (κ2) is 3.27. The minimum absolute atomic E-state index is 0.0231. The van der Waals surface area contributed by atoms with E-state index < -0.39 is 17.5 Å². The van der Waals surface area contributed by atoms with Gasteiger partial charge in [-0.05, 0) is 13.8 Å². The Balaban J connectivity index is 2.95. The van der Waals surface area contributed by atoms with Crippen LogP contribution in [0, 0.1) is 0 Å². The van der Waals surface area contributed by atoms with E-state index in [2.05, 4.69) is 5.10 Å². The Kier molecular flexibility index (Phi) is 2.58. The first-order valence-electron chi connectivity index (χ1n) is 4.02. The molecule has 3 nitrogen and oxygen atoms in total. The lowest BCUT2D eigenvalue weighted by Gasteiger charge is -2.17. The predicted molar refractivity (Wildman–Crippen MR) is 43.6 cm³/mol. The molecular formula is C8H11F3N2O. The van der Waals surface area contributed by atoms with Gasteiger partial charge >= 0.3 is 6.18 Å². The largest absolute Gasteiger partial charge is 0.433 e. The summed E-state index contributed by atoms with van der Waals surface area (Å²) in [5.41, 5.74) is -2.09. The molecule has 0 aliphatic carbocycles. The summed E-state index contributed by atoms with van der Waals surface area (Å²) in [5.74, 6) is 0. The van der Waals surface area contributed by atoms with Gasteiger partial charge in [0.05, 0.1) is 11.8 Å². The Morgan fingerprint density at radius 1 is 1.43 bits per heavy atom. The van der Waals surface area contributed by atoms with E-state index >= 15 is 0 Å². The average molecular weight is 208 g/mol. The smallest absolute Gasteiger partial charge is 0.390 e. The van der Waals surface area contributed by atoms with Crippen LogP contribution in [-0.2, 0) is 12.6 Å². The molecular weight excluding hydrogens is 197 g/mol. The average Bonchev–Trinajstić information content (AvgIpc) is 2.29. The molecule has 1 rings (SSSR count). The van der Waals surface area contributed by atoms with Crippen molar-refractivity contribution in [3.05, 3.63) is 17.5 Å². The summed E-state index contributed by atoms with van der Waals surface area (Å²) in [6.07, 6.45) is -3.45. The van der Waals surface area contributed by atoms with Crippen LogP contribution < -0.4 is 0 Å². The van der Waals surface area contributed by atoms with Crippen molar-refractivity contribution in [3.63, 3.8) is 0 Å². The van der Waals surface area contributed by atoms with Gasteiger partial charge in [-0.1, -0.05) is 0 Å². The van der Waals surface area contributed by atoms with Crippen LogP contribution in [0.25, 0.3) is 0 Å². The molecule has 0 aliphatic heterocycles. The Hall–Kier alpha value is -1.04. The highest BCUT2D eigenvalue weighted by Crippen LogP contribution is 2.31. The highest BCUT2D eigenvalue weighted by Gasteiger charge is 2.36. The van der Waals surface area contributed by atoms with Gasteiger partial charge in [-0.2, -0.15) is 18.3 Å².